The molecule has 1 aromatic rings. The summed E-state index contributed by atoms with van der Waals surface area (Å²) in [4.78, 5) is 27.6. The molecule has 1 aromatic heterocycles. The Labute approximate surface area is 127 Å². The number of thiazole rings is 1. The lowest BCUT2D eigenvalue weighted by atomic mass is 10.2. The number of carbonyl (C=O) groups is 2. The Bertz CT molecular complexity index is 509. The van der Waals surface area contributed by atoms with Crippen LogP contribution in [0.4, 0.5) is 4.79 Å². The molecule has 2 N–H and O–H groups in total. The monoisotopic (exact) mass is 316 g/mol. The summed E-state index contributed by atoms with van der Waals surface area (Å²) >= 11 is 1.08. The molecule has 7 nitrogen and oxygen atoms in total. The second-order valence-corrected chi connectivity index (χ2v) is 6.47. The van der Waals surface area contributed by atoms with E-state index < -0.39 is 23.8 Å². The molecule has 118 valence electrons. The number of aliphatic hydroxyl groups excluding tert-OH is 1. The second kappa shape index (κ2) is 6.86. The fourth-order valence-electron chi connectivity index (χ4n) is 1.41. The zero-order chi connectivity index (χ0) is 16.2. The molecule has 0 aromatic carbocycles. The number of carbonyl (C=O) groups excluding carboxylic acids is 1. The van der Waals surface area contributed by atoms with Crippen LogP contribution in [-0.4, -0.2) is 51.4 Å². The quantitative estimate of drug-likeness (QED) is 0.863. The first-order chi connectivity index (χ1) is 9.60. The standard InChI is InChI=1S/C13H20N2O5S/c1-13(2,3)20-12(19)15(4)6-5-9(16)10-14-8(7-21-10)11(17)18/h7,9,16H,5-6H2,1-4H3,(H,17,18). The normalized spacial score (nSPS) is 12.8. The maximum absolute atomic E-state index is 11.7. The topological polar surface area (TPSA) is 100.0 Å². The van der Waals surface area contributed by atoms with Gasteiger partial charge in [-0.05, 0) is 27.2 Å². The first-order valence-electron chi connectivity index (χ1n) is 6.41. The molecule has 0 saturated heterocycles. The molecule has 0 spiro atoms. The van der Waals surface area contributed by atoms with E-state index >= 15 is 0 Å². The maximum atomic E-state index is 11.7. The van der Waals surface area contributed by atoms with Gasteiger partial charge >= 0.3 is 12.1 Å². The van der Waals surface area contributed by atoms with Crippen molar-refractivity contribution in [3.05, 3.63) is 16.1 Å². The SMILES string of the molecule is CN(CCC(O)c1nc(C(=O)O)cs1)C(=O)OC(C)(C)C. The molecular weight excluding hydrogens is 296 g/mol. The molecule has 0 aliphatic rings. The van der Waals surface area contributed by atoms with Gasteiger partial charge in [-0.1, -0.05) is 0 Å². The molecule has 8 heteroatoms. The van der Waals surface area contributed by atoms with E-state index in [2.05, 4.69) is 4.98 Å². The number of rotatable bonds is 5. The van der Waals surface area contributed by atoms with Gasteiger partial charge in [-0.2, -0.15) is 0 Å². The second-order valence-electron chi connectivity index (χ2n) is 5.58. The van der Waals surface area contributed by atoms with Crippen molar-refractivity contribution in [2.45, 2.75) is 38.9 Å². The van der Waals surface area contributed by atoms with Crippen molar-refractivity contribution in [2.75, 3.05) is 13.6 Å². The number of amides is 1. The number of carboxylic acid groups (broad SMARTS) is 1. The molecule has 21 heavy (non-hydrogen) atoms. The number of aromatic nitrogens is 1. The zero-order valence-electron chi connectivity index (χ0n) is 12.5. The van der Waals surface area contributed by atoms with E-state index in [1.165, 1.54) is 10.3 Å². The highest BCUT2D eigenvalue weighted by atomic mass is 32.1. The van der Waals surface area contributed by atoms with Gasteiger partial charge < -0.3 is 19.8 Å². The van der Waals surface area contributed by atoms with Crippen molar-refractivity contribution < 1.29 is 24.5 Å². The van der Waals surface area contributed by atoms with Crippen LogP contribution in [0.25, 0.3) is 0 Å². The summed E-state index contributed by atoms with van der Waals surface area (Å²) in [6.45, 7) is 5.60. The van der Waals surface area contributed by atoms with E-state index in [1.54, 1.807) is 27.8 Å². The Morgan fingerprint density at radius 3 is 2.57 bits per heavy atom. The minimum Gasteiger partial charge on any atom is -0.476 e. The van der Waals surface area contributed by atoms with Crippen molar-refractivity contribution in [3.8, 4) is 0 Å². The summed E-state index contributed by atoms with van der Waals surface area (Å²) in [5, 5.41) is 20.4. The van der Waals surface area contributed by atoms with Crippen LogP contribution in [0.3, 0.4) is 0 Å². The summed E-state index contributed by atoms with van der Waals surface area (Å²) in [6, 6.07) is 0. The van der Waals surface area contributed by atoms with Crippen LogP contribution in [0.5, 0.6) is 0 Å². The smallest absolute Gasteiger partial charge is 0.410 e. The third-order valence-electron chi connectivity index (χ3n) is 2.47. The highest BCUT2D eigenvalue weighted by Gasteiger charge is 2.21. The van der Waals surface area contributed by atoms with Crippen molar-refractivity contribution in [1.29, 1.82) is 0 Å². The van der Waals surface area contributed by atoms with Crippen LogP contribution < -0.4 is 0 Å². The molecular formula is C13H20N2O5S. The van der Waals surface area contributed by atoms with Gasteiger partial charge in [0.25, 0.3) is 0 Å². The largest absolute Gasteiger partial charge is 0.476 e. The van der Waals surface area contributed by atoms with Crippen LogP contribution in [-0.2, 0) is 4.74 Å². The van der Waals surface area contributed by atoms with Crippen molar-refractivity contribution in [2.24, 2.45) is 0 Å². The number of nitrogens with zero attached hydrogens (tertiary/aromatic N) is 2. The Morgan fingerprint density at radius 1 is 1.48 bits per heavy atom. The van der Waals surface area contributed by atoms with Crippen molar-refractivity contribution in [1.82, 2.24) is 9.88 Å². The number of hydrogen-bond donors (Lipinski definition) is 2. The van der Waals surface area contributed by atoms with Gasteiger partial charge in [0.05, 0.1) is 0 Å². The van der Waals surface area contributed by atoms with Gasteiger partial charge in [0.1, 0.15) is 16.7 Å². The molecule has 1 unspecified atom stereocenters. The number of aromatic carboxylic acids is 1. The van der Waals surface area contributed by atoms with E-state index in [4.69, 9.17) is 9.84 Å². The summed E-state index contributed by atoms with van der Waals surface area (Å²) in [7, 11) is 1.57. The zero-order valence-corrected chi connectivity index (χ0v) is 13.3. The lowest BCUT2D eigenvalue weighted by Crippen LogP contribution is -2.35. The first-order valence-corrected chi connectivity index (χ1v) is 7.29. The average molecular weight is 316 g/mol. The molecule has 1 amide bonds. The Balaban J connectivity index is 2.50. The summed E-state index contributed by atoms with van der Waals surface area (Å²) in [5.41, 5.74) is -0.662. The van der Waals surface area contributed by atoms with E-state index in [-0.39, 0.29) is 18.7 Å². The maximum Gasteiger partial charge on any atom is 0.410 e. The fraction of sp³-hybridized carbons (Fsp3) is 0.615. The van der Waals surface area contributed by atoms with Crippen molar-refractivity contribution in [3.63, 3.8) is 0 Å². The third-order valence-corrected chi connectivity index (χ3v) is 3.42. The average Bonchev–Trinajstić information content (AvgIpc) is 2.83. The Kier molecular flexibility index (Phi) is 5.68. The van der Waals surface area contributed by atoms with Crippen LogP contribution in [0.1, 0.15) is 48.8 Å². The summed E-state index contributed by atoms with van der Waals surface area (Å²) in [6.07, 6.45) is -1.13. The molecule has 0 fully saturated rings. The van der Waals surface area contributed by atoms with Gasteiger partial charge in [-0.15, -0.1) is 11.3 Å². The molecule has 1 atom stereocenters. The molecule has 0 aliphatic carbocycles. The molecule has 1 heterocycles. The van der Waals surface area contributed by atoms with Crippen LogP contribution in [0.2, 0.25) is 0 Å². The van der Waals surface area contributed by atoms with Crippen LogP contribution >= 0.6 is 11.3 Å². The number of ether oxygens (including phenoxy) is 1. The molecule has 0 saturated carbocycles. The van der Waals surface area contributed by atoms with Gasteiger partial charge in [0.2, 0.25) is 0 Å². The fourth-order valence-corrected chi connectivity index (χ4v) is 2.22. The molecule has 0 aliphatic heterocycles. The van der Waals surface area contributed by atoms with Gasteiger partial charge in [-0.25, -0.2) is 14.6 Å². The molecule has 0 bridgehead atoms. The number of hydrogen-bond acceptors (Lipinski definition) is 6. The number of aliphatic hydroxyl groups is 1. The van der Waals surface area contributed by atoms with E-state index in [0.717, 1.165) is 11.3 Å². The molecule has 0 radical (unpaired) electrons. The van der Waals surface area contributed by atoms with Crippen LogP contribution in [0, 0.1) is 0 Å². The summed E-state index contributed by atoms with van der Waals surface area (Å²) in [5.74, 6) is -1.13. The lowest BCUT2D eigenvalue weighted by molar-refractivity contribution is 0.0273. The lowest BCUT2D eigenvalue weighted by Gasteiger charge is -2.25. The van der Waals surface area contributed by atoms with Gasteiger partial charge in [0, 0.05) is 19.0 Å². The Morgan fingerprint density at radius 2 is 2.10 bits per heavy atom. The van der Waals surface area contributed by atoms with Crippen molar-refractivity contribution >= 4 is 23.4 Å². The summed E-state index contributed by atoms with van der Waals surface area (Å²) < 4.78 is 5.19. The predicted octanol–water partition coefficient (Wildman–Crippen LogP) is 2.13. The van der Waals surface area contributed by atoms with Gasteiger partial charge in [0.15, 0.2) is 5.69 Å². The van der Waals surface area contributed by atoms with E-state index in [9.17, 15) is 14.7 Å². The minimum atomic E-state index is -1.13. The van der Waals surface area contributed by atoms with Gasteiger partial charge in [-0.3, -0.25) is 0 Å². The Hall–Kier alpha value is -1.67. The van der Waals surface area contributed by atoms with Crippen LogP contribution in [0.15, 0.2) is 5.38 Å². The minimum absolute atomic E-state index is 0.0884. The first kappa shape index (κ1) is 17.4. The third kappa shape index (κ3) is 5.68. The number of carboxylic acids is 1. The van der Waals surface area contributed by atoms with E-state index in [0.29, 0.717) is 5.01 Å². The van der Waals surface area contributed by atoms with E-state index in [1.807, 2.05) is 0 Å². The highest BCUT2D eigenvalue weighted by molar-refractivity contribution is 7.09. The highest BCUT2D eigenvalue weighted by Crippen LogP contribution is 2.21. The predicted molar refractivity (Wildman–Crippen MR) is 77.5 cm³/mol. The molecule has 1 rings (SSSR count).